The molecule has 1 atom stereocenters. The lowest BCUT2D eigenvalue weighted by molar-refractivity contribution is 0.154. The molecule has 0 spiro atoms. The number of aliphatic hydroxyl groups excluding tert-OH is 1. The Balaban J connectivity index is 2.28. The lowest BCUT2D eigenvalue weighted by atomic mass is 10.1. The predicted octanol–water partition coefficient (Wildman–Crippen LogP) is 0.384. The summed E-state index contributed by atoms with van der Waals surface area (Å²) in [7, 11) is 0. The van der Waals surface area contributed by atoms with Gasteiger partial charge in [-0.1, -0.05) is 11.6 Å². The van der Waals surface area contributed by atoms with Gasteiger partial charge in [-0.05, 0) is 12.8 Å². The molecule has 2 heterocycles. The summed E-state index contributed by atoms with van der Waals surface area (Å²) in [5, 5.41) is 9.59. The van der Waals surface area contributed by atoms with E-state index in [1.807, 2.05) is 4.90 Å². The highest BCUT2D eigenvalue weighted by atomic mass is 35.5. The van der Waals surface area contributed by atoms with Crippen molar-refractivity contribution in [3.05, 3.63) is 21.7 Å². The number of hydrogen-bond acceptors (Lipinski definition) is 4. The molecule has 2 rings (SSSR count). The van der Waals surface area contributed by atoms with Crippen molar-refractivity contribution in [1.29, 1.82) is 0 Å². The highest BCUT2D eigenvalue weighted by Crippen LogP contribution is 2.22. The number of nitrogens with zero attached hydrogens (tertiary/aromatic N) is 2. The van der Waals surface area contributed by atoms with Gasteiger partial charge in [0.1, 0.15) is 5.02 Å². The zero-order valence-electron chi connectivity index (χ0n) is 8.11. The van der Waals surface area contributed by atoms with Crippen LogP contribution in [-0.4, -0.2) is 34.3 Å². The first-order valence-electron chi connectivity index (χ1n) is 4.84. The summed E-state index contributed by atoms with van der Waals surface area (Å²) < 4.78 is 0. The van der Waals surface area contributed by atoms with Crippen LogP contribution in [-0.2, 0) is 0 Å². The van der Waals surface area contributed by atoms with Gasteiger partial charge in [-0.3, -0.25) is 4.79 Å². The lowest BCUT2D eigenvalue weighted by Crippen LogP contribution is -2.39. The number of hydrogen-bond donors (Lipinski definition) is 2. The fourth-order valence-corrected chi connectivity index (χ4v) is 1.96. The average molecular weight is 230 g/mol. The topological polar surface area (TPSA) is 69.2 Å². The van der Waals surface area contributed by atoms with Crippen molar-refractivity contribution in [2.75, 3.05) is 18.0 Å². The largest absolute Gasteiger partial charge is 0.391 e. The van der Waals surface area contributed by atoms with Gasteiger partial charge in [-0.15, -0.1) is 0 Å². The van der Waals surface area contributed by atoms with Crippen molar-refractivity contribution in [1.82, 2.24) is 9.97 Å². The molecule has 82 valence electrons. The molecular weight excluding hydrogens is 218 g/mol. The van der Waals surface area contributed by atoms with Crippen LogP contribution < -0.4 is 10.5 Å². The van der Waals surface area contributed by atoms with Crippen LogP contribution in [0, 0.1) is 0 Å². The number of aromatic nitrogens is 2. The predicted molar refractivity (Wildman–Crippen MR) is 57.3 cm³/mol. The summed E-state index contributed by atoms with van der Waals surface area (Å²) in [6.45, 7) is 1.25. The fraction of sp³-hybridized carbons (Fsp3) is 0.556. The Bertz CT molecular complexity index is 407. The zero-order valence-corrected chi connectivity index (χ0v) is 8.87. The third-order valence-electron chi connectivity index (χ3n) is 2.47. The fourth-order valence-electron chi connectivity index (χ4n) is 1.74. The van der Waals surface area contributed by atoms with E-state index in [-0.39, 0.29) is 16.7 Å². The molecule has 1 saturated heterocycles. The number of rotatable bonds is 1. The highest BCUT2D eigenvalue weighted by molar-refractivity contribution is 6.32. The molecule has 1 aromatic heterocycles. The van der Waals surface area contributed by atoms with Gasteiger partial charge in [0.2, 0.25) is 0 Å². The van der Waals surface area contributed by atoms with E-state index in [1.54, 1.807) is 0 Å². The van der Waals surface area contributed by atoms with Gasteiger partial charge >= 0.3 is 0 Å². The lowest BCUT2D eigenvalue weighted by Gasteiger charge is -2.31. The molecule has 6 heteroatoms. The van der Waals surface area contributed by atoms with Crippen molar-refractivity contribution in [3.63, 3.8) is 0 Å². The maximum absolute atomic E-state index is 11.2. The standard InChI is InChI=1S/C9H12ClN3O2/c10-7-8(11-5-12-9(7)15)13-3-1-2-6(14)4-13/h5-6,14H,1-4H2,(H,11,12,15)/t6-/m0/s1. The number of aromatic amines is 1. The first-order chi connectivity index (χ1) is 7.18. The molecule has 0 bridgehead atoms. The number of halogens is 1. The van der Waals surface area contributed by atoms with Crippen molar-refractivity contribution >= 4 is 17.4 Å². The normalized spacial score (nSPS) is 21.7. The van der Waals surface area contributed by atoms with E-state index in [0.717, 1.165) is 19.4 Å². The molecule has 1 aliphatic rings. The van der Waals surface area contributed by atoms with E-state index in [9.17, 15) is 9.90 Å². The number of β-amino-alcohol motifs (C(OH)–C–C–N with tert-alkyl or cyclic N) is 1. The highest BCUT2D eigenvalue weighted by Gasteiger charge is 2.21. The van der Waals surface area contributed by atoms with Crippen LogP contribution in [0.2, 0.25) is 5.02 Å². The van der Waals surface area contributed by atoms with E-state index < -0.39 is 0 Å². The van der Waals surface area contributed by atoms with E-state index in [0.29, 0.717) is 12.4 Å². The number of anilines is 1. The molecule has 15 heavy (non-hydrogen) atoms. The Morgan fingerprint density at radius 1 is 1.67 bits per heavy atom. The van der Waals surface area contributed by atoms with Gasteiger partial charge < -0.3 is 15.0 Å². The SMILES string of the molecule is O=c1[nH]cnc(N2CCC[C@H](O)C2)c1Cl. The van der Waals surface area contributed by atoms with Gasteiger partial charge in [-0.2, -0.15) is 0 Å². The Morgan fingerprint density at radius 3 is 3.20 bits per heavy atom. The zero-order chi connectivity index (χ0) is 10.8. The van der Waals surface area contributed by atoms with E-state index in [4.69, 9.17) is 11.6 Å². The monoisotopic (exact) mass is 229 g/mol. The van der Waals surface area contributed by atoms with Crippen molar-refractivity contribution < 1.29 is 5.11 Å². The van der Waals surface area contributed by atoms with Gasteiger partial charge in [0, 0.05) is 13.1 Å². The molecule has 1 fully saturated rings. The number of H-pyrrole nitrogens is 1. The molecule has 0 aliphatic carbocycles. The van der Waals surface area contributed by atoms with E-state index >= 15 is 0 Å². The van der Waals surface area contributed by atoms with Crippen LogP contribution in [0.1, 0.15) is 12.8 Å². The molecule has 2 N–H and O–H groups in total. The minimum absolute atomic E-state index is 0.0894. The summed E-state index contributed by atoms with van der Waals surface area (Å²) in [4.78, 5) is 19.5. The molecule has 0 saturated carbocycles. The first kappa shape index (κ1) is 10.4. The summed E-state index contributed by atoms with van der Waals surface area (Å²) >= 11 is 5.84. The molecule has 1 aromatic rings. The first-order valence-corrected chi connectivity index (χ1v) is 5.22. The Labute approximate surface area is 91.7 Å². The molecule has 0 radical (unpaired) electrons. The molecule has 0 unspecified atom stereocenters. The van der Waals surface area contributed by atoms with Gasteiger partial charge in [-0.25, -0.2) is 4.98 Å². The third-order valence-corrected chi connectivity index (χ3v) is 2.81. The molecule has 1 aliphatic heterocycles. The minimum atomic E-state index is -0.365. The van der Waals surface area contributed by atoms with Crippen LogP contribution in [0.25, 0.3) is 0 Å². The Morgan fingerprint density at radius 2 is 2.47 bits per heavy atom. The second-order valence-corrected chi connectivity index (χ2v) is 3.99. The van der Waals surface area contributed by atoms with Crippen LogP contribution in [0.3, 0.4) is 0 Å². The van der Waals surface area contributed by atoms with Crippen LogP contribution in [0.5, 0.6) is 0 Å². The quantitative estimate of drug-likeness (QED) is 0.731. The van der Waals surface area contributed by atoms with Crippen LogP contribution in [0.15, 0.2) is 11.1 Å². The second-order valence-electron chi connectivity index (χ2n) is 3.61. The van der Waals surface area contributed by atoms with Crippen molar-refractivity contribution in [2.24, 2.45) is 0 Å². The van der Waals surface area contributed by atoms with Crippen LogP contribution in [0.4, 0.5) is 5.82 Å². The van der Waals surface area contributed by atoms with Gasteiger partial charge in [0.05, 0.1) is 12.4 Å². The number of aliphatic hydroxyl groups is 1. The summed E-state index contributed by atoms with van der Waals surface area (Å²) in [5.41, 5.74) is -0.346. The molecule has 0 aromatic carbocycles. The maximum atomic E-state index is 11.2. The Kier molecular flexibility index (Phi) is 2.93. The summed E-state index contributed by atoms with van der Waals surface area (Å²) in [6.07, 6.45) is 2.63. The maximum Gasteiger partial charge on any atom is 0.271 e. The smallest absolute Gasteiger partial charge is 0.271 e. The van der Waals surface area contributed by atoms with E-state index in [1.165, 1.54) is 6.33 Å². The minimum Gasteiger partial charge on any atom is -0.391 e. The average Bonchev–Trinajstić information content (AvgIpc) is 2.22. The molecular formula is C9H12ClN3O2. The number of nitrogens with one attached hydrogen (secondary N) is 1. The second kappa shape index (κ2) is 4.20. The third kappa shape index (κ3) is 2.13. The number of piperidine rings is 1. The van der Waals surface area contributed by atoms with Crippen molar-refractivity contribution in [3.8, 4) is 0 Å². The van der Waals surface area contributed by atoms with Gasteiger partial charge in [0.25, 0.3) is 5.56 Å². The Hall–Kier alpha value is -1.07. The van der Waals surface area contributed by atoms with E-state index in [2.05, 4.69) is 9.97 Å². The molecule has 5 nitrogen and oxygen atoms in total. The van der Waals surface area contributed by atoms with Gasteiger partial charge in [0.15, 0.2) is 5.82 Å². The van der Waals surface area contributed by atoms with Crippen LogP contribution >= 0.6 is 11.6 Å². The summed E-state index contributed by atoms with van der Waals surface area (Å²) in [6, 6.07) is 0. The summed E-state index contributed by atoms with van der Waals surface area (Å²) in [5.74, 6) is 0.458. The molecule has 0 amide bonds. The van der Waals surface area contributed by atoms with Crippen molar-refractivity contribution in [2.45, 2.75) is 18.9 Å².